The first-order valence-electron chi connectivity index (χ1n) is 5.21. The van der Waals surface area contributed by atoms with Crippen LogP contribution in [0.1, 0.15) is 32.1 Å². The summed E-state index contributed by atoms with van der Waals surface area (Å²) in [5.74, 6) is 1.25. The Balaban J connectivity index is 1.81. The van der Waals surface area contributed by atoms with Crippen LogP contribution < -0.4 is 5.32 Å². The van der Waals surface area contributed by atoms with E-state index in [1.54, 1.807) is 0 Å². The number of halogens is 1. The van der Waals surface area contributed by atoms with Crippen molar-refractivity contribution in [2.24, 2.45) is 11.8 Å². The van der Waals surface area contributed by atoms with Crippen molar-refractivity contribution in [3.05, 3.63) is 0 Å². The van der Waals surface area contributed by atoms with Crippen molar-refractivity contribution in [3.63, 3.8) is 0 Å². The fourth-order valence-corrected chi connectivity index (χ4v) is 2.12. The van der Waals surface area contributed by atoms with Crippen LogP contribution in [0.15, 0.2) is 0 Å². The van der Waals surface area contributed by atoms with E-state index in [4.69, 9.17) is 0 Å². The van der Waals surface area contributed by atoms with Crippen molar-refractivity contribution in [2.75, 3.05) is 13.1 Å². The lowest BCUT2D eigenvalue weighted by Crippen LogP contribution is -2.16. The summed E-state index contributed by atoms with van der Waals surface area (Å²) in [7, 11) is 0. The van der Waals surface area contributed by atoms with E-state index in [2.05, 4.69) is 5.32 Å². The molecule has 0 aromatic heterocycles. The Morgan fingerprint density at radius 3 is 2.58 bits per heavy atom. The molecule has 70 valence electrons. The third-order valence-electron chi connectivity index (χ3n) is 3.13. The molecule has 0 spiro atoms. The average Bonchev–Trinajstić information content (AvgIpc) is 2.84. The second-order valence-corrected chi connectivity index (χ2v) is 4.28. The van der Waals surface area contributed by atoms with Crippen LogP contribution in [0.5, 0.6) is 0 Å². The molecule has 0 bridgehead atoms. The smallest absolute Gasteiger partial charge is 0.104 e. The predicted molar refractivity (Wildman–Crippen MR) is 47.8 cm³/mol. The van der Waals surface area contributed by atoms with E-state index in [1.807, 2.05) is 0 Å². The molecule has 2 aliphatic rings. The number of rotatable bonds is 2. The highest BCUT2D eigenvalue weighted by Gasteiger charge is 2.30. The van der Waals surface area contributed by atoms with Crippen LogP contribution >= 0.6 is 0 Å². The van der Waals surface area contributed by atoms with E-state index in [-0.39, 0.29) is 0 Å². The normalized spacial score (nSPS) is 37.8. The molecule has 0 amide bonds. The van der Waals surface area contributed by atoms with Gasteiger partial charge in [0.1, 0.15) is 6.17 Å². The molecule has 1 saturated heterocycles. The van der Waals surface area contributed by atoms with Crippen molar-refractivity contribution in [1.29, 1.82) is 0 Å². The fraction of sp³-hybridized carbons (Fsp3) is 1.00. The molecule has 1 N–H and O–H groups in total. The minimum atomic E-state index is -0.527. The van der Waals surface area contributed by atoms with Gasteiger partial charge in [0.2, 0.25) is 0 Å². The second kappa shape index (κ2) is 3.73. The molecule has 2 heteroatoms. The fourth-order valence-electron chi connectivity index (χ4n) is 2.12. The Labute approximate surface area is 73.7 Å². The summed E-state index contributed by atoms with van der Waals surface area (Å²) < 4.78 is 13.5. The lowest BCUT2D eigenvalue weighted by Gasteiger charge is -2.16. The molecule has 12 heavy (non-hydrogen) atoms. The van der Waals surface area contributed by atoms with Crippen LogP contribution in [-0.2, 0) is 0 Å². The molecule has 2 fully saturated rings. The molecule has 0 aromatic rings. The van der Waals surface area contributed by atoms with Gasteiger partial charge in [0.25, 0.3) is 0 Å². The highest BCUT2D eigenvalue weighted by atomic mass is 19.1. The molecule has 2 rings (SSSR count). The van der Waals surface area contributed by atoms with Crippen molar-refractivity contribution >= 4 is 0 Å². The number of nitrogens with one attached hydrogen (secondary N) is 1. The summed E-state index contributed by atoms with van der Waals surface area (Å²) in [6, 6.07) is 0. The minimum Gasteiger partial charge on any atom is -0.317 e. The molecule has 0 aromatic carbocycles. The third kappa shape index (κ3) is 2.19. The highest BCUT2D eigenvalue weighted by molar-refractivity contribution is 4.82. The van der Waals surface area contributed by atoms with E-state index in [9.17, 15) is 4.39 Å². The maximum Gasteiger partial charge on any atom is 0.104 e. The lowest BCUT2D eigenvalue weighted by molar-refractivity contribution is 0.204. The van der Waals surface area contributed by atoms with Gasteiger partial charge in [0.05, 0.1) is 0 Å². The van der Waals surface area contributed by atoms with E-state index < -0.39 is 6.17 Å². The quantitative estimate of drug-likeness (QED) is 0.671. The lowest BCUT2D eigenvalue weighted by atomic mass is 9.93. The van der Waals surface area contributed by atoms with E-state index in [0.717, 1.165) is 38.3 Å². The van der Waals surface area contributed by atoms with E-state index in [1.165, 1.54) is 12.8 Å². The molecule has 1 heterocycles. The largest absolute Gasteiger partial charge is 0.317 e. The molecule has 2 atom stereocenters. The van der Waals surface area contributed by atoms with Gasteiger partial charge in [0, 0.05) is 0 Å². The predicted octanol–water partition coefficient (Wildman–Crippen LogP) is 2.12. The van der Waals surface area contributed by atoms with Crippen LogP contribution in [0.3, 0.4) is 0 Å². The number of hydrogen-bond acceptors (Lipinski definition) is 1. The van der Waals surface area contributed by atoms with Gasteiger partial charge in [-0.3, -0.25) is 0 Å². The topological polar surface area (TPSA) is 12.0 Å². The maximum absolute atomic E-state index is 13.5. The van der Waals surface area contributed by atoms with Crippen molar-refractivity contribution in [2.45, 2.75) is 38.3 Å². The first kappa shape index (κ1) is 8.49. The highest BCUT2D eigenvalue weighted by Crippen LogP contribution is 2.38. The van der Waals surface area contributed by atoms with Gasteiger partial charge in [-0.2, -0.15) is 0 Å². The summed E-state index contributed by atoms with van der Waals surface area (Å²) in [5.41, 5.74) is 0. The molecule has 1 aliphatic carbocycles. The Hall–Kier alpha value is -0.110. The van der Waals surface area contributed by atoms with Crippen LogP contribution in [-0.4, -0.2) is 19.3 Å². The van der Waals surface area contributed by atoms with E-state index in [0.29, 0.717) is 5.92 Å². The number of alkyl halides is 1. The van der Waals surface area contributed by atoms with Gasteiger partial charge in [0.15, 0.2) is 0 Å². The summed E-state index contributed by atoms with van der Waals surface area (Å²) in [6.45, 7) is 1.90. The van der Waals surface area contributed by atoms with Crippen molar-refractivity contribution in [3.8, 4) is 0 Å². The monoisotopic (exact) mass is 171 g/mol. The Kier molecular flexibility index (Phi) is 2.64. The van der Waals surface area contributed by atoms with Crippen LogP contribution in [0.25, 0.3) is 0 Å². The Morgan fingerprint density at radius 2 is 1.83 bits per heavy atom. The Bertz CT molecular complexity index is 145. The Morgan fingerprint density at radius 1 is 1.08 bits per heavy atom. The standard InChI is InChI=1S/C10H18FN/c11-10-4-6-12-5-3-9(10)7-8-1-2-8/h8-10,12H,1-7H2. The summed E-state index contributed by atoms with van der Waals surface area (Å²) in [4.78, 5) is 0. The number of hydrogen-bond donors (Lipinski definition) is 1. The second-order valence-electron chi connectivity index (χ2n) is 4.28. The van der Waals surface area contributed by atoms with Crippen molar-refractivity contribution < 1.29 is 4.39 Å². The molecule has 1 nitrogen and oxygen atoms in total. The van der Waals surface area contributed by atoms with Crippen LogP contribution in [0.4, 0.5) is 4.39 Å². The molecular formula is C10H18FN. The van der Waals surface area contributed by atoms with E-state index >= 15 is 0 Å². The summed E-state index contributed by atoms with van der Waals surface area (Å²) >= 11 is 0. The molecule has 1 aliphatic heterocycles. The van der Waals surface area contributed by atoms with Gasteiger partial charge in [-0.25, -0.2) is 4.39 Å². The zero-order valence-corrected chi connectivity index (χ0v) is 7.56. The first-order valence-corrected chi connectivity index (χ1v) is 5.21. The van der Waals surface area contributed by atoms with Gasteiger partial charge in [-0.05, 0) is 44.2 Å². The van der Waals surface area contributed by atoms with Crippen molar-refractivity contribution in [1.82, 2.24) is 5.32 Å². The molecule has 1 saturated carbocycles. The maximum atomic E-state index is 13.5. The van der Waals surface area contributed by atoms with Gasteiger partial charge in [-0.15, -0.1) is 0 Å². The van der Waals surface area contributed by atoms with Gasteiger partial charge in [-0.1, -0.05) is 12.8 Å². The van der Waals surface area contributed by atoms with Gasteiger partial charge >= 0.3 is 0 Å². The zero-order valence-electron chi connectivity index (χ0n) is 7.56. The zero-order chi connectivity index (χ0) is 8.39. The molecule has 0 radical (unpaired) electrons. The average molecular weight is 171 g/mol. The minimum absolute atomic E-state index is 0.368. The van der Waals surface area contributed by atoms with Gasteiger partial charge < -0.3 is 5.32 Å². The molecule has 2 unspecified atom stereocenters. The molecular weight excluding hydrogens is 153 g/mol. The first-order chi connectivity index (χ1) is 5.86. The third-order valence-corrected chi connectivity index (χ3v) is 3.13. The van der Waals surface area contributed by atoms with Crippen LogP contribution in [0.2, 0.25) is 0 Å². The summed E-state index contributed by atoms with van der Waals surface area (Å²) in [6.07, 6.45) is 5.13. The SMILES string of the molecule is FC1CCNCCC1CC1CC1. The summed E-state index contributed by atoms with van der Waals surface area (Å²) in [5, 5.41) is 3.26. The van der Waals surface area contributed by atoms with Crippen LogP contribution in [0, 0.1) is 11.8 Å².